The number of hydrogen-bond donors (Lipinski definition) is 1. The number of rotatable bonds is 8. The van der Waals surface area contributed by atoms with Gasteiger partial charge >= 0.3 is 0 Å². The van der Waals surface area contributed by atoms with Crippen LogP contribution in [0, 0.1) is 0 Å². The fraction of sp³-hybridized carbons (Fsp3) is 0.214. The summed E-state index contributed by atoms with van der Waals surface area (Å²) < 4.78 is 31.3. The molecular weight excluding hydrogens is 520 g/mol. The van der Waals surface area contributed by atoms with Gasteiger partial charge in [0.25, 0.3) is 5.22 Å². The van der Waals surface area contributed by atoms with Crippen molar-refractivity contribution in [1.82, 2.24) is 9.29 Å². The van der Waals surface area contributed by atoms with Crippen LogP contribution >= 0.6 is 11.8 Å². The fourth-order valence-electron chi connectivity index (χ4n) is 4.37. The average Bonchev–Trinajstić information content (AvgIpc) is 3.37. The predicted molar refractivity (Wildman–Crippen MR) is 152 cm³/mol. The SMILES string of the molecule is CS(=O)(=O)N1CCN(c2ccccc2NC(=O)CSc2nc(-c3ccccc3)c(-c3ccccc3)o2)CC1. The van der Waals surface area contributed by atoms with Crippen molar-refractivity contribution in [2.24, 2.45) is 0 Å². The Labute approximate surface area is 226 Å². The summed E-state index contributed by atoms with van der Waals surface area (Å²) in [6.45, 7) is 1.92. The first-order chi connectivity index (χ1) is 18.4. The van der Waals surface area contributed by atoms with Gasteiger partial charge in [0, 0.05) is 37.3 Å². The van der Waals surface area contributed by atoms with E-state index in [1.807, 2.05) is 84.9 Å². The van der Waals surface area contributed by atoms with Crippen molar-refractivity contribution >= 4 is 39.1 Å². The minimum Gasteiger partial charge on any atom is -0.431 e. The highest BCUT2D eigenvalue weighted by molar-refractivity contribution is 7.99. The van der Waals surface area contributed by atoms with Crippen LogP contribution in [0.15, 0.2) is 94.6 Å². The number of benzene rings is 3. The molecule has 0 unspecified atom stereocenters. The van der Waals surface area contributed by atoms with E-state index in [2.05, 4.69) is 10.2 Å². The minimum absolute atomic E-state index is 0.124. The van der Waals surface area contributed by atoms with E-state index in [-0.39, 0.29) is 11.7 Å². The van der Waals surface area contributed by atoms with E-state index in [1.54, 1.807) is 0 Å². The third-order valence-corrected chi connectivity index (χ3v) is 8.38. The quantitative estimate of drug-likeness (QED) is 0.315. The van der Waals surface area contributed by atoms with Crippen LogP contribution in [-0.4, -0.2) is 61.8 Å². The molecule has 1 aliphatic heterocycles. The molecule has 5 rings (SSSR count). The number of carbonyl (C=O) groups excluding carboxylic acids is 1. The second kappa shape index (κ2) is 11.4. The maximum Gasteiger partial charge on any atom is 0.257 e. The monoisotopic (exact) mass is 548 g/mol. The number of hydrogen-bond acceptors (Lipinski definition) is 7. The third-order valence-electron chi connectivity index (χ3n) is 6.24. The number of anilines is 2. The first-order valence-electron chi connectivity index (χ1n) is 12.2. The summed E-state index contributed by atoms with van der Waals surface area (Å²) in [6.07, 6.45) is 1.23. The van der Waals surface area contributed by atoms with Crippen LogP contribution < -0.4 is 10.2 Å². The summed E-state index contributed by atoms with van der Waals surface area (Å²) in [5.41, 5.74) is 4.15. The maximum atomic E-state index is 12.9. The van der Waals surface area contributed by atoms with Gasteiger partial charge in [-0.3, -0.25) is 4.79 Å². The lowest BCUT2D eigenvalue weighted by atomic mass is 10.1. The zero-order valence-corrected chi connectivity index (χ0v) is 22.5. The molecule has 0 bridgehead atoms. The molecule has 2 heterocycles. The van der Waals surface area contributed by atoms with Crippen molar-refractivity contribution in [2.75, 3.05) is 48.4 Å². The summed E-state index contributed by atoms with van der Waals surface area (Å²) in [5.74, 6) is 0.607. The lowest BCUT2D eigenvalue weighted by molar-refractivity contribution is -0.113. The van der Waals surface area contributed by atoms with Crippen LogP contribution in [0.25, 0.3) is 22.6 Å². The average molecular weight is 549 g/mol. The van der Waals surface area contributed by atoms with E-state index in [9.17, 15) is 13.2 Å². The summed E-state index contributed by atoms with van der Waals surface area (Å²) in [5, 5.41) is 3.42. The van der Waals surface area contributed by atoms with E-state index in [4.69, 9.17) is 9.40 Å². The Morgan fingerprint density at radius 3 is 2.16 bits per heavy atom. The smallest absolute Gasteiger partial charge is 0.257 e. The summed E-state index contributed by atoms with van der Waals surface area (Å²) in [4.78, 5) is 19.7. The van der Waals surface area contributed by atoms with Crippen LogP contribution in [0.1, 0.15) is 0 Å². The Kier molecular flexibility index (Phi) is 7.82. The molecule has 3 aromatic carbocycles. The van der Waals surface area contributed by atoms with Gasteiger partial charge in [-0.1, -0.05) is 84.6 Å². The second-order valence-corrected chi connectivity index (χ2v) is 11.8. The molecule has 1 saturated heterocycles. The zero-order valence-electron chi connectivity index (χ0n) is 20.9. The molecule has 1 amide bonds. The molecule has 0 aliphatic carbocycles. The highest BCUT2D eigenvalue weighted by Crippen LogP contribution is 2.35. The van der Waals surface area contributed by atoms with Crippen LogP contribution in [0.5, 0.6) is 0 Å². The van der Waals surface area contributed by atoms with Gasteiger partial charge in [0.1, 0.15) is 5.69 Å². The van der Waals surface area contributed by atoms with Crippen molar-refractivity contribution in [1.29, 1.82) is 0 Å². The highest BCUT2D eigenvalue weighted by atomic mass is 32.2. The second-order valence-electron chi connectivity index (χ2n) is 8.89. The minimum atomic E-state index is -3.21. The molecule has 196 valence electrons. The molecule has 38 heavy (non-hydrogen) atoms. The Bertz CT molecular complexity index is 1440. The number of sulfonamides is 1. The molecule has 1 fully saturated rings. The van der Waals surface area contributed by atoms with E-state index in [1.165, 1.54) is 22.3 Å². The largest absolute Gasteiger partial charge is 0.431 e. The molecule has 0 radical (unpaired) electrons. The molecule has 1 aliphatic rings. The van der Waals surface area contributed by atoms with Crippen LogP contribution in [0.2, 0.25) is 0 Å². The summed E-state index contributed by atoms with van der Waals surface area (Å²) in [6, 6.07) is 27.2. The van der Waals surface area contributed by atoms with E-state index in [0.29, 0.717) is 42.8 Å². The standard InChI is InChI=1S/C28H28N4O4S2/c1-38(34,35)32-18-16-31(17-19-32)24-15-9-8-14-23(24)29-25(33)20-37-28-30-26(21-10-4-2-5-11-21)27(36-28)22-12-6-3-7-13-22/h2-15H,16-20H2,1H3,(H,29,33). The number of oxazole rings is 1. The third kappa shape index (κ3) is 6.09. The van der Waals surface area contributed by atoms with Gasteiger partial charge in [-0.2, -0.15) is 4.31 Å². The molecular formula is C28H28N4O4S2. The van der Waals surface area contributed by atoms with Crippen molar-refractivity contribution in [3.05, 3.63) is 84.9 Å². The molecule has 4 aromatic rings. The zero-order chi connectivity index (χ0) is 26.5. The van der Waals surface area contributed by atoms with Crippen LogP contribution in [0.3, 0.4) is 0 Å². The van der Waals surface area contributed by atoms with E-state index in [0.717, 1.165) is 22.5 Å². The van der Waals surface area contributed by atoms with Gasteiger partial charge in [-0.05, 0) is 12.1 Å². The summed E-state index contributed by atoms with van der Waals surface area (Å²) in [7, 11) is -3.21. The number of carbonyl (C=O) groups is 1. The van der Waals surface area contributed by atoms with Crippen molar-refractivity contribution in [3.8, 4) is 22.6 Å². The van der Waals surface area contributed by atoms with Crippen molar-refractivity contribution < 1.29 is 17.6 Å². The first kappa shape index (κ1) is 26.0. The fourth-order valence-corrected chi connectivity index (χ4v) is 5.82. The molecule has 1 N–H and O–H groups in total. The van der Waals surface area contributed by atoms with Crippen molar-refractivity contribution in [3.63, 3.8) is 0 Å². The number of para-hydroxylation sites is 2. The van der Waals surface area contributed by atoms with Gasteiger partial charge in [-0.15, -0.1) is 0 Å². The Hall–Kier alpha value is -3.60. The Morgan fingerprint density at radius 2 is 1.50 bits per heavy atom. The van der Waals surface area contributed by atoms with Gasteiger partial charge in [-0.25, -0.2) is 13.4 Å². The molecule has 0 atom stereocenters. The maximum absolute atomic E-state index is 12.9. The summed E-state index contributed by atoms with van der Waals surface area (Å²) >= 11 is 1.24. The van der Waals surface area contributed by atoms with Crippen LogP contribution in [-0.2, 0) is 14.8 Å². The van der Waals surface area contributed by atoms with Crippen LogP contribution in [0.4, 0.5) is 11.4 Å². The number of piperazine rings is 1. The molecule has 1 aromatic heterocycles. The number of thioether (sulfide) groups is 1. The van der Waals surface area contributed by atoms with Gasteiger partial charge in [0.2, 0.25) is 15.9 Å². The molecule has 0 spiro atoms. The topological polar surface area (TPSA) is 95.8 Å². The Balaban J connectivity index is 1.28. The first-order valence-corrected chi connectivity index (χ1v) is 15.1. The number of aromatic nitrogens is 1. The van der Waals surface area contributed by atoms with E-state index < -0.39 is 10.0 Å². The van der Waals surface area contributed by atoms with Gasteiger partial charge in [0.05, 0.1) is 23.4 Å². The van der Waals surface area contributed by atoms with Gasteiger partial charge in [0.15, 0.2) is 5.76 Å². The lowest BCUT2D eigenvalue weighted by Gasteiger charge is -2.35. The Morgan fingerprint density at radius 1 is 0.895 bits per heavy atom. The lowest BCUT2D eigenvalue weighted by Crippen LogP contribution is -2.48. The predicted octanol–water partition coefficient (Wildman–Crippen LogP) is 4.82. The molecule has 8 nitrogen and oxygen atoms in total. The van der Waals surface area contributed by atoms with Gasteiger partial charge < -0.3 is 14.6 Å². The molecule has 0 saturated carbocycles. The number of nitrogens with one attached hydrogen (secondary N) is 1. The molecule has 10 heteroatoms. The highest BCUT2D eigenvalue weighted by Gasteiger charge is 2.25. The number of nitrogens with zero attached hydrogens (tertiary/aromatic N) is 3. The van der Waals surface area contributed by atoms with E-state index >= 15 is 0 Å². The normalized spacial score (nSPS) is 14.4. The number of amides is 1. The van der Waals surface area contributed by atoms with Crippen molar-refractivity contribution in [2.45, 2.75) is 5.22 Å².